The van der Waals surface area contributed by atoms with Crippen LogP contribution < -0.4 is 5.32 Å². The van der Waals surface area contributed by atoms with Crippen molar-refractivity contribution in [2.75, 3.05) is 13.2 Å². The third-order valence-electron chi connectivity index (χ3n) is 3.18. The first-order valence-corrected chi connectivity index (χ1v) is 6.79. The summed E-state index contributed by atoms with van der Waals surface area (Å²) >= 11 is 5.70. The standard InChI is InChI=1S/C13H15ClN2O4/c14-9-3-4-11(12(8-9)16(18)19)13(17)15-6-5-10-2-1-7-20-10/h3-4,8,10H,1-2,5-7H2,(H,15,17)/t10-/m1/s1. The number of halogens is 1. The van der Waals surface area contributed by atoms with Crippen molar-refractivity contribution in [1.82, 2.24) is 5.32 Å². The van der Waals surface area contributed by atoms with E-state index in [0.29, 0.717) is 13.0 Å². The highest BCUT2D eigenvalue weighted by molar-refractivity contribution is 6.31. The normalized spacial score (nSPS) is 17.9. The van der Waals surface area contributed by atoms with Crippen LogP contribution in [0.4, 0.5) is 5.69 Å². The van der Waals surface area contributed by atoms with Crippen LogP contribution >= 0.6 is 11.6 Å². The van der Waals surface area contributed by atoms with E-state index in [9.17, 15) is 14.9 Å². The number of benzene rings is 1. The van der Waals surface area contributed by atoms with Gasteiger partial charge < -0.3 is 10.1 Å². The molecule has 1 fully saturated rings. The van der Waals surface area contributed by atoms with Crippen molar-refractivity contribution in [3.8, 4) is 0 Å². The van der Waals surface area contributed by atoms with Crippen LogP contribution in [0.5, 0.6) is 0 Å². The molecule has 7 heteroatoms. The maximum absolute atomic E-state index is 12.0. The van der Waals surface area contributed by atoms with Crippen LogP contribution in [-0.4, -0.2) is 30.1 Å². The summed E-state index contributed by atoms with van der Waals surface area (Å²) in [6.07, 6.45) is 2.93. The molecule has 0 radical (unpaired) electrons. The second kappa shape index (κ2) is 6.67. The molecule has 6 nitrogen and oxygen atoms in total. The molecule has 1 saturated heterocycles. The third-order valence-corrected chi connectivity index (χ3v) is 3.41. The van der Waals surface area contributed by atoms with Crippen LogP contribution in [0.25, 0.3) is 0 Å². The minimum Gasteiger partial charge on any atom is -0.378 e. The summed E-state index contributed by atoms with van der Waals surface area (Å²) in [5.41, 5.74) is -0.265. The number of hydrogen-bond donors (Lipinski definition) is 1. The van der Waals surface area contributed by atoms with Crippen molar-refractivity contribution in [1.29, 1.82) is 0 Å². The van der Waals surface area contributed by atoms with Gasteiger partial charge >= 0.3 is 0 Å². The molecule has 0 bridgehead atoms. The molecular formula is C13H15ClN2O4. The first-order chi connectivity index (χ1) is 9.58. The van der Waals surface area contributed by atoms with E-state index in [0.717, 1.165) is 19.4 Å². The van der Waals surface area contributed by atoms with Crippen LogP contribution in [-0.2, 0) is 4.74 Å². The summed E-state index contributed by atoms with van der Waals surface area (Å²) in [5.74, 6) is -0.466. The zero-order chi connectivity index (χ0) is 14.5. The van der Waals surface area contributed by atoms with E-state index in [2.05, 4.69) is 5.32 Å². The summed E-state index contributed by atoms with van der Waals surface area (Å²) in [7, 11) is 0. The molecule has 1 aliphatic rings. The Balaban J connectivity index is 1.96. The van der Waals surface area contributed by atoms with Crippen molar-refractivity contribution in [2.45, 2.75) is 25.4 Å². The lowest BCUT2D eigenvalue weighted by Gasteiger charge is -2.10. The maximum Gasteiger partial charge on any atom is 0.283 e. The SMILES string of the molecule is O=C(NCC[C@H]1CCCO1)c1ccc(Cl)cc1[N+](=O)[O-]. The first-order valence-electron chi connectivity index (χ1n) is 6.41. The fourth-order valence-corrected chi connectivity index (χ4v) is 2.33. The molecular weight excluding hydrogens is 284 g/mol. The number of ether oxygens (including phenoxy) is 1. The van der Waals surface area contributed by atoms with Gasteiger partial charge in [-0.3, -0.25) is 14.9 Å². The van der Waals surface area contributed by atoms with Gasteiger partial charge in [0.05, 0.1) is 11.0 Å². The molecule has 0 spiro atoms. The molecule has 2 rings (SSSR count). The molecule has 1 aromatic rings. The Bertz CT molecular complexity index is 515. The average molecular weight is 299 g/mol. The summed E-state index contributed by atoms with van der Waals surface area (Å²) in [6.45, 7) is 1.20. The number of nitrogens with zero attached hydrogens (tertiary/aromatic N) is 1. The number of rotatable bonds is 5. The van der Waals surface area contributed by atoms with Crippen molar-refractivity contribution in [2.24, 2.45) is 0 Å². The lowest BCUT2D eigenvalue weighted by Crippen LogP contribution is -2.27. The second-order valence-electron chi connectivity index (χ2n) is 4.60. The Hall–Kier alpha value is -1.66. The molecule has 108 valence electrons. The number of nitro groups is 1. The van der Waals surface area contributed by atoms with Gasteiger partial charge in [0.15, 0.2) is 0 Å². The lowest BCUT2D eigenvalue weighted by atomic mass is 10.1. The average Bonchev–Trinajstić information content (AvgIpc) is 2.91. The quantitative estimate of drug-likeness (QED) is 0.669. The number of amides is 1. The monoisotopic (exact) mass is 298 g/mol. The molecule has 0 aliphatic carbocycles. The number of nitrogens with one attached hydrogen (secondary N) is 1. The van der Waals surface area contributed by atoms with Gasteiger partial charge in [-0.05, 0) is 31.4 Å². The molecule has 1 N–H and O–H groups in total. The van der Waals surface area contributed by atoms with Gasteiger partial charge in [0.25, 0.3) is 11.6 Å². The minimum absolute atomic E-state index is 0.0201. The Labute approximate surface area is 121 Å². The number of nitro benzene ring substituents is 1. The van der Waals surface area contributed by atoms with E-state index in [1.54, 1.807) is 0 Å². The van der Waals surface area contributed by atoms with Crippen LogP contribution in [0.2, 0.25) is 5.02 Å². The Morgan fingerprint density at radius 1 is 1.55 bits per heavy atom. The lowest BCUT2D eigenvalue weighted by molar-refractivity contribution is -0.385. The van der Waals surface area contributed by atoms with Crippen molar-refractivity contribution in [3.63, 3.8) is 0 Å². The smallest absolute Gasteiger partial charge is 0.283 e. The van der Waals surface area contributed by atoms with Gasteiger partial charge in [0.2, 0.25) is 0 Å². The van der Waals surface area contributed by atoms with Crippen molar-refractivity contribution >= 4 is 23.2 Å². The molecule has 1 aromatic carbocycles. The molecule has 0 saturated carbocycles. The predicted molar refractivity (Wildman–Crippen MR) is 74.0 cm³/mol. The van der Waals surface area contributed by atoms with E-state index < -0.39 is 10.8 Å². The predicted octanol–water partition coefficient (Wildman–Crippen LogP) is 2.55. The summed E-state index contributed by atoms with van der Waals surface area (Å²) in [4.78, 5) is 22.3. The zero-order valence-electron chi connectivity index (χ0n) is 10.8. The zero-order valence-corrected chi connectivity index (χ0v) is 11.6. The number of hydrogen-bond acceptors (Lipinski definition) is 4. The summed E-state index contributed by atoms with van der Waals surface area (Å²) in [6, 6.07) is 4.00. The fourth-order valence-electron chi connectivity index (χ4n) is 2.16. The molecule has 1 atom stereocenters. The van der Waals surface area contributed by atoms with E-state index in [4.69, 9.17) is 16.3 Å². The molecule has 1 aliphatic heterocycles. The molecule has 1 heterocycles. The van der Waals surface area contributed by atoms with Gasteiger partial charge in [-0.1, -0.05) is 11.6 Å². The number of carbonyl (C=O) groups excluding carboxylic acids is 1. The van der Waals surface area contributed by atoms with Crippen molar-refractivity contribution < 1.29 is 14.5 Å². The Morgan fingerprint density at radius 2 is 2.35 bits per heavy atom. The van der Waals surface area contributed by atoms with Crippen LogP contribution in [0.3, 0.4) is 0 Å². The van der Waals surface area contributed by atoms with E-state index in [1.165, 1.54) is 18.2 Å². The first kappa shape index (κ1) is 14.7. The van der Waals surface area contributed by atoms with Crippen LogP contribution in [0, 0.1) is 10.1 Å². The highest BCUT2D eigenvalue weighted by Crippen LogP contribution is 2.23. The van der Waals surface area contributed by atoms with Crippen LogP contribution in [0.15, 0.2) is 18.2 Å². The Morgan fingerprint density at radius 3 is 3.00 bits per heavy atom. The highest BCUT2D eigenvalue weighted by atomic mass is 35.5. The minimum atomic E-state index is -0.610. The third kappa shape index (κ3) is 3.68. The second-order valence-corrected chi connectivity index (χ2v) is 5.03. The molecule has 0 unspecified atom stereocenters. The molecule has 0 aromatic heterocycles. The van der Waals surface area contributed by atoms with Gasteiger partial charge in [0, 0.05) is 24.2 Å². The van der Waals surface area contributed by atoms with Gasteiger partial charge in [-0.25, -0.2) is 0 Å². The summed E-state index contributed by atoms with van der Waals surface area (Å²) < 4.78 is 5.44. The molecule has 20 heavy (non-hydrogen) atoms. The highest BCUT2D eigenvalue weighted by Gasteiger charge is 2.21. The maximum atomic E-state index is 12.0. The topological polar surface area (TPSA) is 81.5 Å². The van der Waals surface area contributed by atoms with Crippen molar-refractivity contribution in [3.05, 3.63) is 38.9 Å². The fraction of sp³-hybridized carbons (Fsp3) is 0.462. The van der Waals surface area contributed by atoms with Gasteiger partial charge in [0.1, 0.15) is 5.56 Å². The van der Waals surface area contributed by atoms with E-state index in [1.807, 2.05) is 0 Å². The Kier molecular flexibility index (Phi) is 4.92. The van der Waals surface area contributed by atoms with Crippen LogP contribution in [0.1, 0.15) is 29.6 Å². The summed E-state index contributed by atoms with van der Waals surface area (Å²) in [5, 5.41) is 13.8. The molecule has 1 amide bonds. The van der Waals surface area contributed by atoms with Gasteiger partial charge in [-0.2, -0.15) is 0 Å². The van der Waals surface area contributed by atoms with E-state index in [-0.39, 0.29) is 22.4 Å². The number of carbonyl (C=O) groups is 1. The van der Waals surface area contributed by atoms with E-state index >= 15 is 0 Å². The van der Waals surface area contributed by atoms with Gasteiger partial charge in [-0.15, -0.1) is 0 Å². The largest absolute Gasteiger partial charge is 0.378 e.